The van der Waals surface area contributed by atoms with E-state index >= 15 is 0 Å². The van der Waals surface area contributed by atoms with E-state index in [1.165, 1.54) is 17.0 Å². The standard InChI is InChI=1S/C16H18F2N2O2S/c1-16-6-5-14(21)20(16)13(9-23-16)15(22)19(2)8-10-3-4-11(17)7-12(10)18/h3-4,7,13H,5-6,8-9H2,1-2H3. The minimum Gasteiger partial charge on any atom is -0.340 e. The third-order valence-electron chi connectivity index (χ3n) is 4.53. The van der Waals surface area contributed by atoms with Crippen molar-refractivity contribution >= 4 is 23.6 Å². The molecule has 2 atom stereocenters. The Hall–Kier alpha value is -1.63. The number of likely N-dealkylation sites (N-methyl/N-ethyl adjacent to an activating group) is 1. The molecule has 0 aromatic heterocycles. The quantitative estimate of drug-likeness (QED) is 0.848. The Morgan fingerprint density at radius 1 is 1.48 bits per heavy atom. The molecule has 0 radical (unpaired) electrons. The summed E-state index contributed by atoms with van der Waals surface area (Å²) < 4.78 is 26.7. The number of halogens is 2. The van der Waals surface area contributed by atoms with Crippen LogP contribution in [-0.2, 0) is 16.1 Å². The summed E-state index contributed by atoms with van der Waals surface area (Å²) in [6.45, 7) is 2.03. The van der Waals surface area contributed by atoms with E-state index in [1.807, 2.05) is 6.92 Å². The zero-order valence-electron chi connectivity index (χ0n) is 13.0. The van der Waals surface area contributed by atoms with Gasteiger partial charge < -0.3 is 9.80 Å². The number of fused-ring (bicyclic) bond motifs is 1. The third kappa shape index (κ3) is 2.82. The molecule has 1 aromatic carbocycles. The number of hydrogen-bond acceptors (Lipinski definition) is 3. The van der Waals surface area contributed by atoms with Crippen LogP contribution in [0.1, 0.15) is 25.3 Å². The van der Waals surface area contributed by atoms with E-state index in [1.54, 1.807) is 23.7 Å². The molecule has 2 aliphatic heterocycles. The lowest BCUT2D eigenvalue weighted by atomic mass is 10.1. The van der Waals surface area contributed by atoms with Gasteiger partial charge in [0.2, 0.25) is 11.8 Å². The summed E-state index contributed by atoms with van der Waals surface area (Å²) in [6, 6.07) is 2.81. The Balaban J connectivity index is 1.74. The van der Waals surface area contributed by atoms with Gasteiger partial charge in [-0.25, -0.2) is 8.78 Å². The minimum atomic E-state index is -0.674. The molecule has 2 unspecified atom stereocenters. The van der Waals surface area contributed by atoms with Crippen molar-refractivity contribution in [1.82, 2.24) is 9.80 Å². The lowest BCUT2D eigenvalue weighted by molar-refractivity contribution is -0.143. The highest BCUT2D eigenvalue weighted by atomic mass is 32.2. The Morgan fingerprint density at radius 2 is 2.22 bits per heavy atom. The number of amides is 2. The van der Waals surface area contributed by atoms with Gasteiger partial charge in [-0.1, -0.05) is 6.07 Å². The summed E-state index contributed by atoms with van der Waals surface area (Å²) in [6.07, 6.45) is 1.21. The number of hydrogen-bond donors (Lipinski definition) is 0. The van der Waals surface area contributed by atoms with Crippen LogP contribution < -0.4 is 0 Å². The normalized spacial score (nSPS) is 26.5. The summed E-state index contributed by atoms with van der Waals surface area (Å²) >= 11 is 1.62. The van der Waals surface area contributed by atoms with Crippen LogP contribution in [0.2, 0.25) is 0 Å². The molecule has 2 heterocycles. The van der Waals surface area contributed by atoms with Crippen molar-refractivity contribution in [2.24, 2.45) is 0 Å². The van der Waals surface area contributed by atoms with Gasteiger partial charge in [0.25, 0.3) is 0 Å². The van der Waals surface area contributed by atoms with Gasteiger partial charge in [-0.15, -0.1) is 11.8 Å². The summed E-state index contributed by atoms with van der Waals surface area (Å²) in [5.74, 6) is -0.979. The van der Waals surface area contributed by atoms with Crippen LogP contribution in [0.25, 0.3) is 0 Å². The first-order valence-electron chi connectivity index (χ1n) is 7.47. The molecule has 0 N–H and O–H groups in total. The van der Waals surface area contributed by atoms with Gasteiger partial charge in [0.05, 0.1) is 4.87 Å². The Kier molecular flexibility index (Phi) is 4.08. The second-order valence-electron chi connectivity index (χ2n) is 6.20. The van der Waals surface area contributed by atoms with Crippen molar-refractivity contribution in [3.8, 4) is 0 Å². The smallest absolute Gasteiger partial charge is 0.246 e. The zero-order chi connectivity index (χ0) is 16.8. The third-order valence-corrected chi connectivity index (χ3v) is 6.03. The van der Waals surface area contributed by atoms with Gasteiger partial charge in [0, 0.05) is 37.4 Å². The molecular formula is C16H18F2N2O2S. The van der Waals surface area contributed by atoms with Crippen molar-refractivity contribution in [1.29, 1.82) is 0 Å². The van der Waals surface area contributed by atoms with Crippen LogP contribution in [0.3, 0.4) is 0 Å². The maximum atomic E-state index is 13.7. The molecule has 0 spiro atoms. The molecule has 2 aliphatic rings. The summed E-state index contributed by atoms with van der Waals surface area (Å²) in [7, 11) is 1.58. The van der Waals surface area contributed by atoms with E-state index in [-0.39, 0.29) is 28.8 Å². The van der Waals surface area contributed by atoms with Crippen molar-refractivity contribution in [3.05, 3.63) is 35.4 Å². The van der Waals surface area contributed by atoms with Crippen molar-refractivity contribution in [2.75, 3.05) is 12.8 Å². The molecule has 2 fully saturated rings. The number of benzene rings is 1. The number of thioether (sulfide) groups is 1. The van der Waals surface area contributed by atoms with Gasteiger partial charge in [0.15, 0.2) is 0 Å². The van der Waals surface area contributed by atoms with Gasteiger partial charge >= 0.3 is 0 Å². The lowest BCUT2D eigenvalue weighted by Gasteiger charge is -2.32. The monoisotopic (exact) mass is 340 g/mol. The average molecular weight is 340 g/mol. The Labute approximate surface area is 137 Å². The largest absolute Gasteiger partial charge is 0.340 e. The molecule has 23 heavy (non-hydrogen) atoms. The number of carbonyl (C=O) groups is 2. The van der Waals surface area contributed by atoms with Gasteiger partial charge in [0.1, 0.15) is 17.7 Å². The average Bonchev–Trinajstić information content (AvgIpc) is 2.98. The summed E-state index contributed by atoms with van der Waals surface area (Å²) in [5, 5.41) is 0. The highest BCUT2D eigenvalue weighted by Gasteiger charge is 2.53. The van der Waals surface area contributed by atoms with E-state index in [4.69, 9.17) is 0 Å². The molecule has 4 nitrogen and oxygen atoms in total. The minimum absolute atomic E-state index is 0.00258. The maximum absolute atomic E-state index is 13.7. The summed E-state index contributed by atoms with van der Waals surface area (Å²) in [4.78, 5) is 27.5. The predicted octanol–water partition coefficient (Wildman–Crippen LogP) is 2.38. The number of rotatable bonds is 3. The van der Waals surface area contributed by atoms with Gasteiger partial charge in [-0.05, 0) is 19.4 Å². The topological polar surface area (TPSA) is 40.6 Å². The van der Waals surface area contributed by atoms with Crippen LogP contribution in [-0.4, -0.2) is 45.3 Å². The molecule has 3 rings (SSSR count). The molecule has 0 saturated carbocycles. The van der Waals surface area contributed by atoms with Crippen LogP contribution in [0.15, 0.2) is 18.2 Å². The van der Waals surface area contributed by atoms with Crippen LogP contribution in [0.4, 0.5) is 8.78 Å². The molecule has 1 aromatic rings. The molecular weight excluding hydrogens is 322 g/mol. The molecule has 124 valence electrons. The molecule has 0 bridgehead atoms. The highest BCUT2D eigenvalue weighted by molar-refractivity contribution is 8.01. The van der Waals surface area contributed by atoms with Crippen molar-refractivity contribution < 1.29 is 18.4 Å². The Bertz CT molecular complexity index is 669. The fraction of sp³-hybridized carbons (Fsp3) is 0.500. The first-order valence-corrected chi connectivity index (χ1v) is 8.45. The summed E-state index contributed by atoms with van der Waals surface area (Å²) in [5.41, 5.74) is 0.253. The first kappa shape index (κ1) is 16.2. The molecule has 2 saturated heterocycles. The number of nitrogens with zero attached hydrogens (tertiary/aromatic N) is 2. The van der Waals surface area contributed by atoms with Gasteiger partial charge in [-0.2, -0.15) is 0 Å². The van der Waals surface area contributed by atoms with Gasteiger partial charge in [-0.3, -0.25) is 9.59 Å². The zero-order valence-corrected chi connectivity index (χ0v) is 13.8. The van der Waals surface area contributed by atoms with Crippen LogP contribution in [0.5, 0.6) is 0 Å². The fourth-order valence-corrected chi connectivity index (χ4v) is 4.66. The molecule has 7 heteroatoms. The second-order valence-corrected chi connectivity index (χ2v) is 7.70. The maximum Gasteiger partial charge on any atom is 0.246 e. The van der Waals surface area contributed by atoms with E-state index in [9.17, 15) is 18.4 Å². The van der Waals surface area contributed by atoms with E-state index in [0.717, 1.165) is 12.5 Å². The molecule has 0 aliphatic carbocycles. The lowest BCUT2D eigenvalue weighted by Crippen LogP contribution is -2.50. The first-order chi connectivity index (χ1) is 10.8. The number of carbonyl (C=O) groups excluding carboxylic acids is 2. The van der Waals surface area contributed by atoms with Crippen molar-refractivity contribution in [3.63, 3.8) is 0 Å². The highest BCUT2D eigenvalue weighted by Crippen LogP contribution is 2.47. The SMILES string of the molecule is CN(Cc1ccc(F)cc1F)C(=O)C1CSC2(C)CCC(=O)N12. The fourth-order valence-electron chi connectivity index (χ4n) is 3.24. The predicted molar refractivity (Wildman–Crippen MR) is 83.6 cm³/mol. The van der Waals surface area contributed by atoms with Crippen LogP contribution >= 0.6 is 11.8 Å². The second kappa shape index (κ2) is 5.78. The van der Waals surface area contributed by atoms with Crippen molar-refractivity contribution in [2.45, 2.75) is 37.2 Å². The van der Waals surface area contributed by atoms with Crippen LogP contribution in [0, 0.1) is 11.6 Å². The molecule has 2 amide bonds. The Morgan fingerprint density at radius 3 is 2.91 bits per heavy atom. The van der Waals surface area contributed by atoms with E-state index < -0.39 is 17.7 Å². The van der Waals surface area contributed by atoms with E-state index in [2.05, 4.69) is 0 Å². The van der Waals surface area contributed by atoms with E-state index in [0.29, 0.717) is 12.2 Å².